The topological polar surface area (TPSA) is 61.4 Å². The van der Waals surface area contributed by atoms with Gasteiger partial charge in [0.05, 0.1) is 25.4 Å². The summed E-state index contributed by atoms with van der Waals surface area (Å²) in [5, 5.41) is 0. The van der Waals surface area contributed by atoms with Crippen molar-refractivity contribution in [1.82, 2.24) is 4.57 Å². The third kappa shape index (κ3) is 2.03. The average molecular weight is 249 g/mol. The number of carbonyl (C=O) groups excluding carboxylic acids is 2. The first-order valence-electron chi connectivity index (χ1n) is 5.72. The van der Waals surface area contributed by atoms with E-state index < -0.39 is 5.97 Å². The highest BCUT2D eigenvalue weighted by atomic mass is 16.5. The first-order chi connectivity index (χ1) is 8.54. The van der Waals surface area contributed by atoms with Gasteiger partial charge in [-0.3, -0.25) is 4.79 Å². The molecule has 0 aliphatic rings. The maximum absolute atomic E-state index is 11.8. The molecule has 0 unspecified atom stereocenters. The molecule has 2 rings (SSSR count). The van der Waals surface area contributed by atoms with Gasteiger partial charge in [-0.05, 0) is 0 Å². The quantitative estimate of drug-likeness (QED) is 0.780. The molecule has 0 fully saturated rings. The summed E-state index contributed by atoms with van der Waals surface area (Å²) in [7, 11) is 1.31. The third-order valence-corrected chi connectivity index (χ3v) is 2.88. The molecule has 0 bridgehead atoms. The van der Waals surface area contributed by atoms with E-state index in [0.717, 1.165) is 5.52 Å². The Morgan fingerprint density at radius 3 is 2.78 bits per heavy atom. The average Bonchev–Trinajstić information content (AvgIpc) is 2.90. The Kier molecular flexibility index (Phi) is 3.23. The number of hydrogen-bond donors (Lipinski definition) is 0. The van der Waals surface area contributed by atoms with Crippen LogP contribution in [0.2, 0.25) is 0 Å². The molecule has 2 aromatic heterocycles. The molecule has 0 atom stereocenters. The number of ketones is 1. The predicted octanol–water partition coefficient (Wildman–Crippen LogP) is 2.25. The number of carbonyl (C=O) groups is 2. The highest BCUT2D eigenvalue weighted by molar-refractivity contribution is 5.95. The van der Waals surface area contributed by atoms with Crippen LogP contribution in [0.4, 0.5) is 0 Å². The van der Waals surface area contributed by atoms with E-state index in [1.54, 1.807) is 16.7 Å². The van der Waals surface area contributed by atoms with Gasteiger partial charge in [-0.15, -0.1) is 0 Å². The van der Waals surface area contributed by atoms with E-state index in [0.29, 0.717) is 11.3 Å². The number of aromatic nitrogens is 1. The molecule has 0 saturated carbocycles. The Labute approximate surface area is 104 Å². The van der Waals surface area contributed by atoms with E-state index in [1.807, 2.05) is 13.8 Å². The molecule has 0 aromatic carbocycles. The standard InChI is InChI=1S/C13H15NO4/c1-8(2)11(15)7-14-9-4-5-18-12(9)6-10(14)13(16)17-3/h4-6,8H,7H2,1-3H3. The number of methoxy groups -OCH3 is 1. The molecule has 0 amide bonds. The zero-order valence-corrected chi connectivity index (χ0v) is 10.6. The van der Waals surface area contributed by atoms with E-state index in [4.69, 9.17) is 9.15 Å². The summed E-state index contributed by atoms with van der Waals surface area (Å²) in [6.07, 6.45) is 1.53. The van der Waals surface area contributed by atoms with Crippen molar-refractivity contribution in [1.29, 1.82) is 0 Å². The monoisotopic (exact) mass is 249 g/mol. The van der Waals surface area contributed by atoms with Crippen LogP contribution in [0.15, 0.2) is 22.8 Å². The number of rotatable bonds is 4. The molecule has 5 nitrogen and oxygen atoms in total. The molecular weight excluding hydrogens is 234 g/mol. The Morgan fingerprint density at radius 2 is 2.17 bits per heavy atom. The summed E-state index contributed by atoms with van der Waals surface area (Å²) in [5.74, 6) is -0.503. The molecule has 2 aromatic rings. The van der Waals surface area contributed by atoms with Crippen LogP contribution in [-0.4, -0.2) is 23.4 Å². The van der Waals surface area contributed by atoms with Crippen molar-refractivity contribution in [2.75, 3.05) is 7.11 Å². The molecular formula is C13H15NO4. The van der Waals surface area contributed by atoms with Gasteiger partial charge in [0, 0.05) is 18.1 Å². The molecule has 0 radical (unpaired) electrons. The number of Topliss-reactive ketones (excluding diaryl/α,β-unsaturated/α-hetero) is 1. The van der Waals surface area contributed by atoms with Gasteiger partial charge in [0.2, 0.25) is 0 Å². The highest BCUT2D eigenvalue weighted by Crippen LogP contribution is 2.22. The van der Waals surface area contributed by atoms with Crippen molar-refractivity contribution in [3.05, 3.63) is 24.1 Å². The van der Waals surface area contributed by atoms with E-state index in [9.17, 15) is 9.59 Å². The smallest absolute Gasteiger partial charge is 0.354 e. The molecule has 0 spiro atoms. The Hall–Kier alpha value is -2.04. The summed E-state index contributed by atoms with van der Waals surface area (Å²) >= 11 is 0. The van der Waals surface area contributed by atoms with Crippen LogP contribution in [0.3, 0.4) is 0 Å². The molecule has 0 aliphatic carbocycles. The number of nitrogens with zero attached hydrogens (tertiary/aromatic N) is 1. The normalized spacial score (nSPS) is 11.1. The summed E-state index contributed by atoms with van der Waals surface area (Å²) < 4.78 is 11.6. The number of furan rings is 1. The number of fused-ring (bicyclic) bond motifs is 1. The maximum Gasteiger partial charge on any atom is 0.354 e. The Balaban J connectivity index is 2.47. The first kappa shape index (κ1) is 12.4. The van der Waals surface area contributed by atoms with Crippen LogP contribution in [0.5, 0.6) is 0 Å². The molecule has 18 heavy (non-hydrogen) atoms. The van der Waals surface area contributed by atoms with Gasteiger partial charge in [-0.1, -0.05) is 13.8 Å². The van der Waals surface area contributed by atoms with Crippen LogP contribution < -0.4 is 0 Å². The van der Waals surface area contributed by atoms with Crippen molar-refractivity contribution < 1.29 is 18.7 Å². The SMILES string of the molecule is COC(=O)c1cc2occc2n1CC(=O)C(C)C. The van der Waals surface area contributed by atoms with E-state index >= 15 is 0 Å². The minimum atomic E-state index is -0.474. The number of hydrogen-bond acceptors (Lipinski definition) is 4. The summed E-state index contributed by atoms with van der Waals surface area (Å²) in [5.41, 5.74) is 1.64. The van der Waals surface area contributed by atoms with E-state index in [-0.39, 0.29) is 18.2 Å². The lowest BCUT2D eigenvalue weighted by Crippen LogP contribution is -2.19. The second-order valence-corrected chi connectivity index (χ2v) is 4.40. The van der Waals surface area contributed by atoms with Crippen molar-refractivity contribution in [2.24, 2.45) is 5.92 Å². The minimum Gasteiger partial charge on any atom is -0.464 e. The highest BCUT2D eigenvalue weighted by Gasteiger charge is 2.20. The van der Waals surface area contributed by atoms with Crippen LogP contribution in [0, 0.1) is 5.92 Å². The van der Waals surface area contributed by atoms with Crippen molar-refractivity contribution in [3.63, 3.8) is 0 Å². The van der Waals surface area contributed by atoms with E-state index in [1.165, 1.54) is 13.4 Å². The van der Waals surface area contributed by atoms with Gasteiger partial charge in [0.15, 0.2) is 11.4 Å². The van der Waals surface area contributed by atoms with Crippen molar-refractivity contribution in [3.8, 4) is 0 Å². The fraction of sp³-hybridized carbons (Fsp3) is 0.385. The van der Waals surface area contributed by atoms with Gasteiger partial charge < -0.3 is 13.7 Å². The largest absolute Gasteiger partial charge is 0.464 e. The molecule has 0 N–H and O–H groups in total. The second kappa shape index (κ2) is 4.68. The molecule has 0 saturated heterocycles. The molecule has 2 heterocycles. The van der Waals surface area contributed by atoms with Gasteiger partial charge in [-0.25, -0.2) is 4.79 Å². The van der Waals surface area contributed by atoms with Crippen LogP contribution in [-0.2, 0) is 16.1 Å². The number of ether oxygens (including phenoxy) is 1. The maximum atomic E-state index is 11.8. The van der Waals surface area contributed by atoms with Crippen molar-refractivity contribution in [2.45, 2.75) is 20.4 Å². The summed E-state index contributed by atoms with van der Waals surface area (Å²) in [6.45, 7) is 3.80. The summed E-state index contributed by atoms with van der Waals surface area (Å²) in [6, 6.07) is 3.32. The Morgan fingerprint density at radius 1 is 1.44 bits per heavy atom. The van der Waals surface area contributed by atoms with Gasteiger partial charge in [0.1, 0.15) is 5.69 Å². The lowest BCUT2D eigenvalue weighted by atomic mass is 10.1. The number of esters is 1. The van der Waals surface area contributed by atoms with E-state index in [2.05, 4.69) is 0 Å². The first-order valence-corrected chi connectivity index (χ1v) is 5.72. The van der Waals surface area contributed by atoms with Gasteiger partial charge in [-0.2, -0.15) is 0 Å². The molecule has 0 aliphatic heterocycles. The van der Waals surface area contributed by atoms with Gasteiger partial charge in [0.25, 0.3) is 0 Å². The summed E-state index contributed by atoms with van der Waals surface area (Å²) in [4.78, 5) is 23.5. The van der Waals surface area contributed by atoms with Crippen LogP contribution >= 0.6 is 0 Å². The molecule has 96 valence electrons. The second-order valence-electron chi connectivity index (χ2n) is 4.40. The fourth-order valence-corrected chi connectivity index (χ4v) is 1.76. The fourth-order valence-electron chi connectivity index (χ4n) is 1.76. The zero-order chi connectivity index (χ0) is 13.3. The lowest BCUT2D eigenvalue weighted by Gasteiger charge is -2.09. The lowest BCUT2D eigenvalue weighted by molar-refractivity contribution is -0.122. The van der Waals surface area contributed by atoms with Gasteiger partial charge >= 0.3 is 5.97 Å². The zero-order valence-electron chi connectivity index (χ0n) is 10.6. The molecule has 5 heteroatoms. The van der Waals surface area contributed by atoms with Crippen molar-refractivity contribution >= 4 is 22.9 Å². The predicted molar refractivity (Wildman–Crippen MR) is 65.4 cm³/mol. The third-order valence-electron chi connectivity index (χ3n) is 2.88. The van der Waals surface area contributed by atoms with Crippen LogP contribution in [0.1, 0.15) is 24.3 Å². The minimum absolute atomic E-state index is 0.0545. The van der Waals surface area contributed by atoms with Crippen LogP contribution in [0.25, 0.3) is 11.1 Å². The Bertz CT molecular complexity index is 591.